The standard InChI is InChI=1S/3C6H15NO2.C6H8O7/c3*1-5(8)3-7-4-6(2)9;7-3(8)1-6(13,5(11)12)2-4(9)10/h3*5-9H,3-4H2,1-2H3;13H,1-2H2,(H,7,8)(H,9,10)(H,11,12). The van der Waals surface area contributed by atoms with Gasteiger partial charge in [-0.15, -0.1) is 0 Å². The summed E-state index contributed by atoms with van der Waals surface area (Å²) in [5, 5.41) is 97.1. The Bertz CT molecular complexity index is 548. The zero-order valence-electron chi connectivity index (χ0n) is 24.4. The lowest BCUT2D eigenvalue weighted by atomic mass is 9.96. The quantitative estimate of drug-likeness (QED) is 0.0752. The van der Waals surface area contributed by atoms with Gasteiger partial charge >= 0.3 is 0 Å². The Morgan fingerprint density at radius 3 is 0.800 bits per heavy atom. The van der Waals surface area contributed by atoms with Crippen LogP contribution in [-0.4, -0.2) is 135 Å². The first-order valence-corrected chi connectivity index (χ1v) is 13.0. The fourth-order valence-electron chi connectivity index (χ4n) is 2.42. The molecular weight excluding hydrogens is 538 g/mol. The van der Waals surface area contributed by atoms with Gasteiger partial charge in [-0.1, -0.05) is 0 Å². The first kappa shape index (κ1) is 45.0. The average Bonchev–Trinajstić information content (AvgIpc) is 2.72. The van der Waals surface area contributed by atoms with E-state index in [1.54, 1.807) is 41.5 Å². The van der Waals surface area contributed by atoms with Crippen LogP contribution < -0.4 is 31.3 Å². The van der Waals surface area contributed by atoms with Crippen molar-refractivity contribution in [2.45, 2.75) is 96.6 Å². The normalized spacial score (nSPS) is 15.2. The van der Waals surface area contributed by atoms with E-state index in [2.05, 4.69) is 0 Å². The first-order valence-electron chi connectivity index (χ1n) is 13.0. The molecule has 0 aliphatic heterocycles. The van der Waals surface area contributed by atoms with Crippen LogP contribution in [0.5, 0.6) is 0 Å². The first-order chi connectivity index (χ1) is 18.2. The van der Waals surface area contributed by atoms with E-state index in [0.717, 1.165) is 0 Å². The van der Waals surface area contributed by atoms with Crippen LogP contribution in [0.15, 0.2) is 0 Å². The Hall–Kier alpha value is -1.99. The molecule has 0 rings (SSSR count). The van der Waals surface area contributed by atoms with Crippen LogP contribution in [0.3, 0.4) is 0 Å². The van der Waals surface area contributed by atoms with Crippen molar-refractivity contribution in [3.8, 4) is 0 Å². The third-order valence-corrected chi connectivity index (χ3v) is 4.30. The SMILES string of the molecule is CC(O)C[NH2+]CC(C)O.CC(O)C[NH2+]CC(C)O.CC(O)C[NH2+]CC(C)O.O=C([O-])CC(O)(CC(=O)[O-])C(=O)[O-]. The molecule has 0 aromatic heterocycles. The van der Waals surface area contributed by atoms with E-state index in [1.807, 2.05) is 16.0 Å². The van der Waals surface area contributed by atoms with Crippen molar-refractivity contribution in [2.24, 2.45) is 0 Å². The molecule has 16 nitrogen and oxygen atoms in total. The van der Waals surface area contributed by atoms with Gasteiger partial charge in [0, 0.05) is 24.8 Å². The lowest BCUT2D eigenvalue weighted by Crippen LogP contribution is -2.88. The second-order valence-electron chi connectivity index (χ2n) is 9.79. The number of nitrogens with two attached hydrogens (primary N) is 3. The number of rotatable bonds is 17. The van der Waals surface area contributed by atoms with Gasteiger partial charge in [0.1, 0.15) is 44.9 Å². The Morgan fingerprint density at radius 1 is 0.525 bits per heavy atom. The summed E-state index contributed by atoms with van der Waals surface area (Å²) in [5.74, 6) is -5.98. The van der Waals surface area contributed by atoms with Crippen molar-refractivity contribution in [1.29, 1.82) is 0 Å². The largest absolute Gasteiger partial charge is 0.550 e. The van der Waals surface area contributed by atoms with Gasteiger partial charge in [-0.2, -0.15) is 0 Å². The highest BCUT2D eigenvalue weighted by Gasteiger charge is 2.29. The third-order valence-electron chi connectivity index (χ3n) is 4.30. The minimum absolute atomic E-state index is 0.274. The van der Waals surface area contributed by atoms with Crippen LogP contribution in [0.2, 0.25) is 0 Å². The molecule has 40 heavy (non-hydrogen) atoms. The number of carbonyl (C=O) groups is 3. The van der Waals surface area contributed by atoms with E-state index < -0.39 is 36.4 Å². The van der Waals surface area contributed by atoms with Crippen molar-refractivity contribution in [3.05, 3.63) is 0 Å². The molecule has 0 aliphatic rings. The van der Waals surface area contributed by atoms with E-state index in [1.165, 1.54) is 0 Å². The predicted octanol–water partition coefficient (Wildman–Crippen LogP) is -10.3. The number of quaternary nitrogens is 3. The summed E-state index contributed by atoms with van der Waals surface area (Å²) in [5.41, 5.74) is -2.97. The van der Waals surface area contributed by atoms with Crippen molar-refractivity contribution >= 4 is 17.9 Å². The molecule has 0 bridgehead atoms. The van der Waals surface area contributed by atoms with Crippen molar-refractivity contribution < 1.29 is 81.4 Å². The Kier molecular flexibility index (Phi) is 30.6. The monoisotopic (exact) mass is 591 g/mol. The van der Waals surface area contributed by atoms with E-state index in [4.69, 9.17) is 35.7 Å². The van der Waals surface area contributed by atoms with Gasteiger partial charge in [-0.25, -0.2) is 0 Å². The highest BCUT2D eigenvalue weighted by molar-refractivity contribution is 5.86. The zero-order valence-corrected chi connectivity index (χ0v) is 24.4. The summed E-state index contributed by atoms with van der Waals surface area (Å²) in [4.78, 5) is 30.0. The van der Waals surface area contributed by atoms with Gasteiger partial charge < -0.3 is 81.4 Å². The molecule has 0 heterocycles. The highest BCUT2D eigenvalue weighted by atomic mass is 16.4. The van der Waals surface area contributed by atoms with Gasteiger partial charge in [0.25, 0.3) is 0 Å². The molecule has 0 spiro atoms. The van der Waals surface area contributed by atoms with Gasteiger partial charge in [0.05, 0.1) is 42.6 Å². The molecule has 0 fully saturated rings. The lowest BCUT2D eigenvalue weighted by Gasteiger charge is -2.29. The van der Waals surface area contributed by atoms with Crippen LogP contribution in [0.25, 0.3) is 0 Å². The van der Waals surface area contributed by atoms with Gasteiger partial charge in [-0.05, 0) is 41.5 Å². The topological polar surface area (TPSA) is 312 Å². The van der Waals surface area contributed by atoms with Crippen LogP contribution in [0.1, 0.15) is 54.4 Å². The molecule has 0 aliphatic carbocycles. The third kappa shape index (κ3) is 43.1. The average molecular weight is 592 g/mol. The molecule has 0 radical (unpaired) electrons. The molecule has 242 valence electrons. The van der Waals surface area contributed by atoms with E-state index in [0.29, 0.717) is 39.3 Å². The summed E-state index contributed by atoms with van der Waals surface area (Å²) in [7, 11) is 0. The number of carboxylic acids is 3. The maximum atomic E-state index is 10.1. The number of aliphatic hydroxyl groups excluding tert-OH is 6. The van der Waals surface area contributed by atoms with E-state index in [9.17, 15) is 29.7 Å². The molecule has 0 aromatic rings. The van der Waals surface area contributed by atoms with Gasteiger partial charge in [-0.3, -0.25) is 0 Å². The maximum Gasteiger partial charge on any atom is 0.114 e. The van der Waals surface area contributed by atoms with E-state index in [-0.39, 0.29) is 36.6 Å². The Morgan fingerprint density at radius 2 is 0.700 bits per heavy atom. The van der Waals surface area contributed by atoms with Gasteiger partial charge in [0.2, 0.25) is 0 Å². The number of carbonyl (C=O) groups excluding carboxylic acids is 3. The number of carboxylic acid groups (broad SMARTS) is 3. The van der Waals surface area contributed by atoms with Crippen LogP contribution >= 0.6 is 0 Å². The molecule has 6 unspecified atom stereocenters. The Labute approximate surface area is 235 Å². The molecule has 0 saturated carbocycles. The molecule has 13 N–H and O–H groups in total. The fraction of sp³-hybridized carbons (Fsp3) is 0.875. The molecule has 16 heteroatoms. The van der Waals surface area contributed by atoms with Crippen LogP contribution in [0.4, 0.5) is 0 Å². The molecule has 0 aromatic carbocycles. The number of aliphatic carboxylic acids is 3. The van der Waals surface area contributed by atoms with Crippen molar-refractivity contribution in [2.75, 3.05) is 39.3 Å². The van der Waals surface area contributed by atoms with E-state index >= 15 is 0 Å². The van der Waals surface area contributed by atoms with Gasteiger partial charge in [0.15, 0.2) is 0 Å². The minimum atomic E-state index is -2.97. The second-order valence-corrected chi connectivity index (χ2v) is 9.79. The number of hydrogen-bond acceptors (Lipinski definition) is 13. The summed E-state index contributed by atoms with van der Waals surface area (Å²) < 4.78 is 0. The number of aliphatic hydroxyl groups is 7. The minimum Gasteiger partial charge on any atom is -0.550 e. The molecule has 0 saturated heterocycles. The van der Waals surface area contributed by atoms with Crippen molar-refractivity contribution in [3.63, 3.8) is 0 Å². The molecular formula is C24H53N3O13. The number of hydrogen-bond donors (Lipinski definition) is 10. The second kappa shape index (κ2) is 27.2. The van der Waals surface area contributed by atoms with Crippen LogP contribution in [0, 0.1) is 0 Å². The maximum absolute atomic E-state index is 10.1. The summed E-state index contributed by atoms with van der Waals surface area (Å²) in [6.45, 7) is 14.4. The fourth-order valence-corrected chi connectivity index (χ4v) is 2.42. The smallest absolute Gasteiger partial charge is 0.114 e. The summed E-state index contributed by atoms with van der Waals surface area (Å²) in [6, 6.07) is 0. The molecule has 6 atom stereocenters. The summed E-state index contributed by atoms with van der Waals surface area (Å²) >= 11 is 0. The highest BCUT2D eigenvalue weighted by Crippen LogP contribution is 2.13. The summed E-state index contributed by atoms with van der Waals surface area (Å²) in [6.07, 6.45) is -4.36. The van der Waals surface area contributed by atoms with Crippen LogP contribution in [-0.2, 0) is 14.4 Å². The Balaban J connectivity index is -0.000000219. The zero-order chi connectivity index (χ0) is 32.5. The lowest BCUT2D eigenvalue weighted by molar-refractivity contribution is -0.666. The molecule has 0 amide bonds. The van der Waals surface area contributed by atoms with Crippen molar-refractivity contribution in [1.82, 2.24) is 0 Å². The predicted molar refractivity (Wildman–Crippen MR) is 134 cm³/mol.